The minimum atomic E-state index is -0.0878. The van der Waals surface area contributed by atoms with Gasteiger partial charge in [0.15, 0.2) is 6.61 Å². The van der Waals surface area contributed by atoms with Crippen molar-refractivity contribution < 1.29 is 14.1 Å². The van der Waals surface area contributed by atoms with Crippen molar-refractivity contribution in [1.29, 1.82) is 5.26 Å². The molecule has 0 N–H and O–H groups in total. The molecule has 0 unspecified atom stereocenters. The van der Waals surface area contributed by atoms with Crippen LogP contribution in [0, 0.1) is 11.3 Å². The molecule has 1 amide bonds. The number of thiophene rings is 1. The van der Waals surface area contributed by atoms with Gasteiger partial charge in [0.25, 0.3) is 5.91 Å². The molecule has 2 aromatic heterocycles. The number of aromatic nitrogens is 2. The van der Waals surface area contributed by atoms with Crippen molar-refractivity contribution in [3.05, 3.63) is 53.2 Å². The van der Waals surface area contributed by atoms with E-state index in [2.05, 4.69) is 21.1 Å². The minimum absolute atomic E-state index is 0.0769. The van der Waals surface area contributed by atoms with E-state index in [1.165, 1.54) is 0 Å². The van der Waals surface area contributed by atoms with Gasteiger partial charge in [0, 0.05) is 26.2 Å². The number of piperazine rings is 1. The van der Waals surface area contributed by atoms with Crippen molar-refractivity contribution in [2.45, 2.75) is 6.54 Å². The molecule has 0 atom stereocenters. The normalized spacial score (nSPS) is 14.5. The third-order valence-corrected chi connectivity index (χ3v) is 5.52. The predicted molar refractivity (Wildman–Crippen MR) is 106 cm³/mol. The molecule has 1 saturated heterocycles. The Labute approximate surface area is 171 Å². The Morgan fingerprint density at radius 3 is 2.79 bits per heavy atom. The van der Waals surface area contributed by atoms with Gasteiger partial charge in [-0.05, 0) is 23.6 Å². The Morgan fingerprint density at radius 1 is 1.21 bits per heavy atom. The molecule has 0 bridgehead atoms. The lowest BCUT2D eigenvalue weighted by atomic mass is 10.2. The van der Waals surface area contributed by atoms with Crippen molar-refractivity contribution in [2.24, 2.45) is 0 Å². The van der Waals surface area contributed by atoms with Crippen molar-refractivity contribution in [2.75, 3.05) is 32.8 Å². The van der Waals surface area contributed by atoms with Gasteiger partial charge in [0.2, 0.25) is 11.7 Å². The van der Waals surface area contributed by atoms with Gasteiger partial charge >= 0.3 is 0 Å². The maximum atomic E-state index is 12.4. The Bertz CT molecular complexity index is 1000. The predicted octanol–water partition coefficient (Wildman–Crippen LogP) is 2.39. The highest BCUT2D eigenvalue weighted by atomic mass is 32.1. The van der Waals surface area contributed by atoms with Gasteiger partial charge in [-0.1, -0.05) is 23.4 Å². The average molecular weight is 409 g/mol. The summed E-state index contributed by atoms with van der Waals surface area (Å²) in [5.74, 6) is 1.53. The zero-order valence-corrected chi connectivity index (χ0v) is 16.5. The minimum Gasteiger partial charge on any atom is -0.482 e. The number of nitriles is 1. The first-order valence-corrected chi connectivity index (χ1v) is 10.1. The van der Waals surface area contributed by atoms with Crippen LogP contribution in [-0.4, -0.2) is 58.6 Å². The van der Waals surface area contributed by atoms with Crippen LogP contribution in [0.4, 0.5) is 0 Å². The number of hydrogen-bond acceptors (Lipinski definition) is 8. The molecule has 29 heavy (non-hydrogen) atoms. The second-order valence-corrected chi connectivity index (χ2v) is 7.49. The van der Waals surface area contributed by atoms with Gasteiger partial charge in [0.05, 0.1) is 17.0 Å². The maximum absolute atomic E-state index is 12.4. The van der Waals surface area contributed by atoms with E-state index in [1.807, 2.05) is 17.5 Å². The van der Waals surface area contributed by atoms with E-state index in [-0.39, 0.29) is 12.5 Å². The Morgan fingerprint density at radius 2 is 2.03 bits per heavy atom. The van der Waals surface area contributed by atoms with Crippen molar-refractivity contribution >= 4 is 17.2 Å². The van der Waals surface area contributed by atoms with E-state index < -0.39 is 0 Å². The van der Waals surface area contributed by atoms with Gasteiger partial charge in [-0.3, -0.25) is 9.69 Å². The first kappa shape index (κ1) is 19.1. The first-order valence-electron chi connectivity index (χ1n) is 9.21. The van der Waals surface area contributed by atoms with E-state index in [9.17, 15) is 4.79 Å². The van der Waals surface area contributed by atoms with Gasteiger partial charge in [-0.15, -0.1) is 11.3 Å². The highest BCUT2D eigenvalue weighted by molar-refractivity contribution is 7.13. The van der Waals surface area contributed by atoms with Crippen LogP contribution >= 0.6 is 11.3 Å². The summed E-state index contributed by atoms with van der Waals surface area (Å²) in [4.78, 5) is 21.8. The summed E-state index contributed by atoms with van der Waals surface area (Å²) in [6.45, 7) is 3.13. The van der Waals surface area contributed by atoms with Crippen molar-refractivity contribution in [3.63, 3.8) is 0 Å². The lowest BCUT2D eigenvalue weighted by Gasteiger charge is -2.33. The summed E-state index contributed by atoms with van der Waals surface area (Å²) in [5, 5.41) is 15.1. The fourth-order valence-electron chi connectivity index (χ4n) is 3.09. The number of amides is 1. The standard InChI is InChI=1S/C20H19N5O3S/c21-12-15-4-1-2-5-16(15)27-14-19(26)25-9-7-24(8-10-25)13-18-22-20(23-28-18)17-6-3-11-29-17/h1-6,11H,7-10,13-14H2. The van der Waals surface area contributed by atoms with E-state index in [1.54, 1.807) is 40.5 Å². The molecule has 3 aromatic rings. The number of nitrogens with zero attached hydrogens (tertiary/aromatic N) is 5. The SMILES string of the molecule is N#Cc1ccccc1OCC(=O)N1CCN(Cc2nc(-c3cccs3)no2)CC1. The third kappa shape index (κ3) is 4.62. The Balaban J connectivity index is 1.25. The molecule has 3 heterocycles. The molecule has 1 aliphatic rings. The molecule has 4 rings (SSSR count). The molecule has 148 valence electrons. The highest BCUT2D eigenvalue weighted by Gasteiger charge is 2.23. The maximum Gasteiger partial charge on any atom is 0.260 e. The number of ether oxygens (including phenoxy) is 1. The zero-order valence-electron chi connectivity index (χ0n) is 15.7. The van der Waals surface area contributed by atoms with E-state index in [0.29, 0.717) is 42.7 Å². The Hall–Kier alpha value is -3.22. The topological polar surface area (TPSA) is 95.5 Å². The molecule has 1 aliphatic heterocycles. The van der Waals surface area contributed by atoms with Crippen LogP contribution in [0.3, 0.4) is 0 Å². The second kappa shape index (κ2) is 8.86. The average Bonchev–Trinajstić information content (AvgIpc) is 3.45. The molecule has 8 nitrogen and oxygen atoms in total. The number of benzene rings is 1. The highest BCUT2D eigenvalue weighted by Crippen LogP contribution is 2.22. The molecule has 9 heteroatoms. The molecular formula is C20H19N5O3S. The van der Waals surface area contributed by atoms with Crippen molar-refractivity contribution in [1.82, 2.24) is 19.9 Å². The molecule has 0 spiro atoms. The summed E-state index contributed by atoms with van der Waals surface area (Å²) in [6.07, 6.45) is 0. The van der Waals surface area contributed by atoms with Crippen LogP contribution in [0.1, 0.15) is 11.5 Å². The number of hydrogen-bond donors (Lipinski definition) is 0. The molecule has 0 aliphatic carbocycles. The van der Waals surface area contributed by atoms with Crippen LogP contribution in [0.15, 0.2) is 46.3 Å². The van der Waals surface area contributed by atoms with Gasteiger partial charge in [-0.2, -0.15) is 10.2 Å². The molecule has 0 radical (unpaired) electrons. The summed E-state index contributed by atoms with van der Waals surface area (Å²) in [6, 6.07) is 12.9. The smallest absolute Gasteiger partial charge is 0.260 e. The zero-order chi connectivity index (χ0) is 20.1. The number of para-hydroxylation sites is 1. The fourth-order valence-corrected chi connectivity index (χ4v) is 3.74. The molecule has 0 saturated carbocycles. The monoisotopic (exact) mass is 409 g/mol. The summed E-state index contributed by atoms with van der Waals surface area (Å²) >= 11 is 1.57. The molecular weight excluding hydrogens is 390 g/mol. The quantitative estimate of drug-likeness (QED) is 0.617. The largest absolute Gasteiger partial charge is 0.482 e. The van der Waals surface area contributed by atoms with Crippen LogP contribution in [0.25, 0.3) is 10.7 Å². The molecule has 1 fully saturated rings. The Kier molecular flexibility index (Phi) is 5.84. The van der Waals surface area contributed by atoms with Crippen molar-refractivity contribution in [3.8, 4) is 22.5 Å². The third-order valence-electron chi connectivity index (χ3n) is 4.65. The fraction of sp³-hybridized carbons (Fsp3) is 0.300. The lowest BCUT2D eigenvalue weighted by Crippen LogP contribution is -2.49. The van der Waals surface area contributed by atoms with E-state index in [0.717, 1.165) is 18.0 Å². The summed E-state index contributed by atoms with van der Waals surface area (Å²) in [7, 11) is 0. The van der Waals surface area contributed by atoms with Crippen LogP contribution in [-0.2, 0) is 11.3 Å². The number of rotatable bonds is 6. The van der Waals surface area contributed by atoms with E-state index >= 15 is 0 Å². The van der Waals surface area contributed by atoms with Crippen LogP contribution in [0.2, 0.25) is 0 Å². The summed E-state index contributed by atoms with van der Waals surface area (Å²) < 4.78 is 10.9. The van der Waals surface area contributed by atoms with E-state index in [4.69, 9.17) is 14.5 Å². The second-order valence-electron chi connectivity index (χ2n) is 6.54. The lowest BCUT2D eigenvalue weighted by molar-refractivity contribution is -0.135. The first-order chi connectivity index (χ1) is 14.2. The van der Waals surface area contributed by atoms with Gasteiger partial charge in [-0.25, -0.2) is 0 Å². The summed E-state index contributed by atoms with van der Waals surface area (Å²) in [5.41, 5.74) is 0.423. The van der Waals surface area contributed by atoms with Gasteiger partial charge < -0.3 is 14.2 Å². The van der Waals surface area contributed by atoms with Crippen LogP contribution in [0.5, 0.6) is 5.75 Å². The number of carbonyl (C=O) groups is 1. The van der Waals surface area contributed by atoms with Crippen LogP contribution < -0.4 is 4.74 Å². The number of carbonyl (C=O) groups excluding carboxylic acids is 1. The molecule has 1 aromatic carbocycles. The van der Waals surface area contributed by atoms with Gasteiger partial charge in [0.1, 0.15) is 11.8 Å².